The molecule has 19 heavy (non-hydrogen) atoms. The second-order valence-electron chi connectivity index (χ2n) is 3.83. The summed E-state index contributed by atoms with van der Waals surface area (Å²) < 4.78 is 0. The third kappa shape index (κ3) is 2.85. The molecule has 0 aliphatic heterocycles. The first-order chi connectivity index (χ1) is 8.95. The van der Waals surface area contributed by atoms with Gasteiger partial charge in [-0.15, -0.1) is 17.0 Å². The van der Waals surface area contributed by atoms with Crippen LogP contribution < -0.4 is 0 Å². The van der Waals surface area contributed by atoms with E-state index in [1.807, 2.05) is 48.5 Å². The molecule has 0 radical (unpaired) electrons. The number of nitrogens with zero attached hydrogens (tertiary/aromatic N) is 3. The molecular weight excluding hydrogens is 302 g/mol. The summed E-state index contributed by atoms with van der Waals surface area (Å²) in [4.78, 5) is 13.1. The molecule has 3 nitrogen and oxygen atoms in total. The number of hydrogen-bond acceptors (Lipinski definition) is 3. The number of aromatic nitrogens is 3. The van der Waals surface area contributed by atoms with E-state index in [1.165, 1.54) is 0 Å². The summed E-state index contributed by atoms with van der Waals surface area (Å²) in [6.07, 6.45) is 5.33. The lowest BCUT2D eigenvalue weighted by molar-refractivity contribution is 1.23. The van der Waals surface area contributed by atoms with Crippen LogP contribution in [0.2, 0.25) is 0 Å². The zero-order valence-corrected chi connectivity index (χ0v) is 11.8. The molecule has 0 saturated carbocycles. The Labute approximate surface area is 122 Å². The minimum atomic E-state index is 0. The van der Waals surface area contributed by atoms with Crippen molar-refractivity contribution < 1.29 is 0 Å². The Morgan fingerprint density at radius 1 is 0.579 bits per heavy atom. The molecule has 0 aliphatic rings. The van der Waals surface area contributed by atoms with Crippen molar-refractivity contribution in [1.82, 2.24) is 15.0 Å². The van der Waals surface area contributed by atoms with Crippen LogP contribution in [0.15, 0.2) is 67.1 Å². The molecule has 0 N–H and O–H groups in total. The average Bonchev–Trinajstić information content (AvgIpc) is 2.49. The van der Waals surface area contributed by atoms with Gasteiger partial charge in [0.15, 0.2) is 0 Å². The minimum absolute atomic E-state index is 0. The second kappa shape index (κ2) is 6.20. The van der Waals surface area contributed by atoms with Crippen molar-refractivity contribution in [3.63, 3.8) is 0 Å². The van der Waals surface area contributed by atoms with Gasteiger partial charge in [-0.05, 0) is 36.4 Å². The third-order valence-corrected chi connectivity index (χ3v) is 2.66. The number of halogens is 1. The van der Waals surface area contributed by atoms with Crippen LogP contribution in [0.25, 0.3) is 22.6 Å². The summed E-state index contributed by atoms with van der Waals surface area (Å²) in [5, 5.41) is 0. The molecule has 0 amide bonds. The lowest BCUT2D eigenvalue weighted by Crippen LogP contribution is -1.92. The highest BCUT2D eigenvalue weighted by Crippen LogP contribution is 2.26. The summed E-state index contributed by atoms with van der Waals surface area (Å²) in [5.74, 6) is 0. The smallest absolute Gasteiger partial charge is 0.0980 e. The van der Waals surface area contributed by atoms with Gasteiger partial charge in [-0.1, -0.05) is 12.1 Å². The summed E-state index contributed by atoms with van der Waals surface area (Å²) in [5.41, 5.74) is 3.62. The molecule has 3 aromatic rings. The monoisotopic (exact) mass is 313 g/mol. The van der Waals surface area contributed by atoms with E-state index in [1.54, 1.807) is 18.6 Å². The highest BCUT2D eigenvalue weighted by Gasteiger charge is 2.09. The maximum atomic E-state index is 4.42. The maximum Gasteiger partial charge on any atom is 0.0980 e. The van der Waals surface area contributed by atoms with Gasteiger partial charge < -0.3 is 0 Å². The van der Waals surface area contributed by atoms with Crippen LogP contribution in [-0.2, 0) is 0 Å². The quantitative estimate of drug-likeness (QED) is 0.722. The predicted octanol–water partition coefficient (Wildman–Crippen LogP) is 3.78. The number of pyridine rings is 3. The van der Waals surface area contributed by atoms with Crippen LogP contribution in [-0.4, -0.2) is 15.0 Å². The van der Waals surface area contributed by atoms with Crippen molar-refractivity contribution in [3.8, 4) is 22.6 Å². The molecule has 0 unspecified atom stereocenters. The van der Waals surface area contributed by atoms with E-state index in [4.69, 9.17) is 0 Å². The Balaban J connectivity index is 0.00000133. The fraction of sp³-hybridized carbons (Fsp3) is 0. The molecule has 0 spiro atoms. The number of rotatable bonds is 2. The highest BCUT2D eigenvalue weighted by molar-refractivity contribution is 8.93. The van der Waals surface area contributed by atoms with Crippen LogP contribution in [0.3, 0.4) is 0 Å². The normalized spacial score (nSPS) is 9.68. The molecule has 3 rings (SSSR count). The first kappa shape index (κ1) is 13.4. The van der Waals surface area contributed by atoms with Crippen LogP contribution >= 0.6 is 17.0 Å². The van der Waals surface area contributed by atoms with Crippen LogP contribution in [0, 0.1) is 0 Å². The first-order valence-corrected chi connectivity index (χ1v) is 5.73. The molecule has 3 aromatic heterocycles. The second-order valence-corrected chi connectivity index (χ2v) is 3.83. The van der Waals surface area contributed by atoms with Crippen molar-refractivity contribution in [2.45, 2.75) is 0 Å². The largest absolute Gasteiger partial charge is 0.256 e. The minimum Gasteiger partial charge on any atom is -0.256 e. The predicted molar refractivity (Wildman–Crippen MR) is 81.0 cm³/mol. The van der Waals surface area contributed by atoms with Gasteiger partial charge >= 0.3 is 0 Å². The van der Waals surface area contributed by atoms with Gasteiger partial charge in [0.25, 0.3) is 0 Å². The van der Waals surface area contributed by atoms with Gasteiger partial charge in [-0.25, -0.2) is 0 Å². The molecule has 94 valence electrons. The molecule has 0 aliphatic carbocycles. The highest BCUT2D eigenvalue weighted by atomic mass is 79.9. The molecule has 0 atom stereocenters. The molecule has 0 saturated heterocycles. The molecule has 0 fully saturated rings. The fourth-order valence-electron chi connectivity index (χ4n) is 1.84. The lowest BCUT2D eigenvalue weighted by Gasteiger charge is -2.06. The van der Waals surface area contributed by atoms with Gasteiger partial charge in [-0.3, -0.25) is 15.0 Å². The molecule has 3 heterocycles. The summed E-state index contributed by atoms with van der Waals surface area (Å²) >= 11 is 0. The lowest BCUT2D eigenvalue weighted by atomic mass is 10.1. The standard InChI is InChI=1S/C15H11N3.BrH/c1-3-9-16-13(7-1)12-6-5-11-18-15(12)14-8-2-4-10-17-14;/h1-11H;1H. The Hall–Kier alpha value is -2.07. The van der Waals surface area contributed by atoms with Gasteiger partial charge in [0.05, 0.1) is 17.1 Å². The van der Waals surface area contributed by atoms with Crippen molar-refractivity contribution in [2.24, 2.45) is 0 Å². The van der Waals surface area contributed by atoms with Crippen LogP contribution in [0.5, 0.6) is 0 Å². The topological polar surface area (TPSA) is 38.7 Å². The maximum absolute atomic E-state index is 4.42. The van der Waals surface area contributed by atoms with Gasteiger partial charge in [0.1, 0.15) is 0 Å². The van der Waals surface area contributed by atoms with Crippen molar-refractivity contribution in [2.75, 3.05) is 0 Å². The average molecular weight is 314 g/mol. The molecular formula is C15H12BrN3. The molecule has 0 aromatic carbocycles. The van der Waals surface area contributed by atoms with E-state index in [-0.39, 0.29) is 17.0 Å². The van der Waals surface area contributed by atoms with Crippen LogP contribution in [0.1, 0.15) is 0 Å². The summed E-state index contributed by atoms with van der Waals surface area (Å²) in [6, 6.07) is 15.6. The Kier molecular flexibility index (Phi) is 4.36. The zero-order chi connectivity index (χ0) is 12.2. The van der Waals surface area contributed by atoms with E-state index >= 15 is 0 Å². The Morgan fingerprint density at radius 2 is 1.21 bits per heavy atom. The van der Waals surface area contributed by atoms with E-state index in [0.29, 0.717) is 0 Å². The van der Waals surface area contributed by atoms with E-state index in [0.717, 1.165) is 22.6 Å². The van der Waals surface area contributed by atoms with Gasteiger partial charge in [0.2, 0.25) is 0 Å². The van der Waals surface area contributed by atoms with Crippen molar-refractivity contribution in [3.05, 3.63) is 67.1 Å². The Morgan fingerprint density at radius 3 is 1.84 bits per heavy atom. The van der Waals surface area contributed by atoms with Gasteiger partial charge in [0, 0.05) is 24.2 Å². The third-order valence-electron chi connectivity index (χ3n) is 2.66. The fourth-order valence-corrected chi connectivity index (χ4v) is 1.84. The Bertz CT molecular complexity index is 583. The van der Waals surface area contributed by atoms with Crippen molar-refractivity contribution in [1.29, 1.82) is 0 Å². The van der Waals surface area contributed by atoms with Crippen molar-refractivity contribution >= 4 is 17.0 Å². The zero-order valence-electron chi connectivity index (χ0n) is 10.1. The van der Waals surface area contributed by atoms with E-state index in [9.17, 15) is 0 Å². The molecule has 4 heteroatoms. The SMILES string of the molecule is Br.c1ccc(-c2cccnc2-c2ccccn2)nc1. The van der Waals surface area contributed by atoms with E-state index in [2.05, 4.69) is 15.0 Å². The first-order valence-electron chi connectivity index (χ1n) is 5.73. The summed E-state index contributed by atoms with van der Waals surface area (Å²) in [7, 11) is 0. The van der Waals surface area contributed by atoms with Crippen LogP contribution in [0.4, 0.5) is 0 Å². The van der Waals surface area contributed by atoms with Gasteiger partial charge in [-0.2, -0.15) is 0 Å². The molecule has 0 bridgehead atoms. The summed E-state index contributed by atoms with van der Waals surface area (Å²) in [6.45, 7) is 0. The number of hydrogen-bond donors (Lipinski definition) is 0. The van der Waals surface area contributed by atoms with E-state index < -0.39 is 0 Å².